The molecule has 94 valence electrons. The minimum atomic E-state index is -4.49. The first-order valence-corrected chi connectivity index (χ1v) is 5.11. The second kappa shape index (κ2) is 5.01. The van der Waals surface area contributed by atoms with Gasteiger partial charge in [-0.15, -0.1) is 0 Å². The summed E-state index contributed by atoms with van der Waals surface area (Å²) in [6.07, 6.45) is -2.79. The molecule has 0 aromatic heterocycles. The van der Waals surface area contributed by atoms with Gasteiger partial charge in [0.1, 0.15) is 11.8 Å². The number of alkyl halides is 3. The first-order chi connectivity index (χ1) is 7.36. The number of nitrogens with two attached hydrogens (primary N) is 1. The Hall–Kier alpha value is -0.820. The molecule has 1 rings (SSSR count). The fourth-order valence-corrected chi connectivity index (χ4v) is 1.60. The lowest BCUT2D eigenvalue weighted by Crippen LogP contribution is -2.45. The Bertz CT molecular complexity index is 253. The van der Waals surface area contributed by atoms with Crippen molar-refractivity contribution in [2.24, 2.45) is 11.7 Å². The van der Waals surface area contributed by atoms with Crippen LogP contribution in [0.2, 0.25) is 0 Å². The molecule has 0 radical (unpaired) electrons. The number of nitrogens with one attached hydrogen (secondary N) is 1. The molecule has 0 aromatic carbocycles. The Morgan fingerprint density at radius 3 is 2.38 bits per heavy atom. The van der Waals surface area contributed by atoms with E-state index in [9.17, 15) is 13.2 Å². The molecule has 0 spiro atoms. The van der Waals surface area contributed by atoms with E-state index in [0.717, 1.165) is 12.8 Å². The second-order valence-corrected chi connectivity index (χ2v) is 4.00. The maximum Gasteiger partial charge on any atom is 0.399 e. The molecule has 4 N–H and O–H groups in total. The van der Waals surface area contributed by atoms with Gasteiger partial charge < -0.3 is 10.8 Å². The van der Waals surface area contributed by atoms with Crippen molar-refractivity contribution in [2.45, 2.75) is 25.1 Å². The Morgan fingerprint density at radius 2 is 2.06 bits per heavy atom. The van der Waals surface area contributed by atoms with Gasteiger partial charge in [-0.2, -0.15) is 13.2 Å². The number of amidine groups is 1. The van der Waals surface area contributed by atoms with Gasteiger partial charge in [0.2, 0.25) is 0 Å². The van der Waals surface area contributed by atoms with Gasteiger partial charge in [-0.3, -0.25) is 10.3 Å². The number of aliphatic hydroxyl groups is 1. The average molecular weight is 239 g/mol. The summed E-state index contributed by atoms with van der Waals surface area (Å²) in [6, 6.07) is 0.108. The smallest absolute Gasteiger partial charge is 0.395 e. The number of aliphatic hydroxyl groups excluding tert-OH is 1. The zero-order valence-corrected chi connectivity index (χ0v) is 8.80. The molecule has 4 nitrogen and oxygen atoms in total. The third-order valence-corrected chi connectivity index (χ3v) is 2.64. The van der Waals surface area contributed by atoms with Crippen LogP contribution in [0.15, 0.2) is 0 Å². The van der Waals surface area contributed by atoms with Crippen LogP contribution in [0.3, 0.4) is 0 Å². The van der Waals surface area contributed by atoms with Crippen molar-refractivity contribution in [2.75, 3.05) is 19.7 Å². The molecular formula is C9H16F3N3O. The summed E-state index contributed by atoms with van der Waals surface area (Å²) >= 11 is 0. The Balaban J connectivity index is 2.61. The van der Waals surface area contributed by atoms with Crippen LogP contribution in [0.1, 0.15) is 12.8 Å². The van der Waals surface area contributed by atoms with Crippen LogP contribution in [0.4, 0.5) is 13.2 Å². The van der Waals surface area contributed by atoms with Crippen molar-refractivity contribution < 1.29 is 18.3 Å². The maximum absolute atomic E-state index is 12.5. The van der Waals surface area contributed by atoms with Gasteiger partial charge in [-0.25, -0.2) is 0 Å². The standard InChI is InChI=1S/C9H16F3N3O/c10-9(11,12)7(8(13)14)5-15(3-4-16)6-1-2-6/h6-7,16H,1-5H2,(H3,13,14). The molecule has 0 aliphatic heterocycles. The van der Waals surface area contributed by atoms with Crippen LogP contribution in [0.5, 0.6) is 0 Å². The Morgan fingerprint density at radius 1 is 1.50 bits per heavy atom. The molecule has 7 heteroatoms. The fraction of sp³-hybridized carbons (Fsp3) is 0.889. The quantitative estimate of drug-likeness (QED) is 0.468. The van der Waals surface area contributed by atoms with Crippen LogP contribution in [0.25, 0.3) is 0 Å². The number of hydrogen-bond donors (Lipinski definition) is 3. The van der Waals surface area contributed by atoms with E-state index in [2.05, 4.69) is 0 Å². The molecule has 1 aliphatic carbocycles. The monoisotopic (exact) mass is 239 g/mol. The highest BCUT2D eigenvalue weighted by Crippen LogP contribution is 2.32. The van der Waals surface area contributed by atoms with E-state index in [1.54, 1.807) is 4.90 Å². The van der Waals surface area contributed by atoms with Gasteiger partial charge in [0, 0.05) is 19.1 Å². The number of nitrogens with zero attached hydrogens (tertiary/aromatic N) is 1. The third-order valence-electron chi connectivity index (χ3n) is 2.64. The highest BCUT2D eigenvalue weighted by Gasteiger charge is 2.44. The molecule has 0 bridgehead atoms. The molecule has 0 saturated heterocycles. The molecule has 16 heavy (non-hydrogen) atoms. The molecule has 1 atom stereocenters. The van der Waals surface area contributed by atoms with Crippen molar-refractivity contribution >= 4 is 5.84 Å². The summed E-state index contributed by atoms with van der Waals surface area (Å²) in [5, 5.41) is 15.7. The molecule has 0 aromatic rings. The van der Waals surface area contributed by atoms with Gasteiger partial charge in [-0.05, 0) is 12.8 Å². The van der Waals surface area contributed by atoms with E-state index in [0.29, 0.717) is 0 Å². The SMILES string of the molecule is N=C(N)C(CN(CCO)C1CC1)C(F)(F)F. The Labute approximate surface area is 91.7 Å². The van der Waals surface area contributed by atoms with Gasteiger partial charge in [0.05, 0.1) is 6.61 Å². The largest absolute Gasteiger partial charge is 0.399 e. The summed E-state index contributed by atoms with van der Waals surface area (Å²) in [5.41, 5.74) is 4.96. The van der Waals surface area contributed by atoms with Crippen molar-refractivity contribution in [3.8, 4) is 0 Å². The molecule has 0 heterocycles. The summed E-state index contributed by atoms with van der Waals surface area (Å²) < 4.78 is 37.6. The summed E-state index contributed by atoms with van der Waals surface area (Å²) in [4.78, 5) is 1.56. The third kappa shape index (κ3) is 3.64. The molecular weight excluding hydrogens is 223 g/mol. The summed E-state index contributed by atoms with van der Waals surface area (Å²) in [5.74, 6) is -2.80. The van der Waals surface area contributed by atoms with E-state index in [-0.39, 0.29) is 25.7 Å². The lowest BCUT2D eigenvalue weighted by Gasteiger charge is -2.27. The zero-order chi connectivity index (χ0) is 12.3. The van der Waals surface area contributed by atoms with E-state index in [1.165, 1.54) is 0 Å². The summed E-state index contributed by atoms with van der Waals surface area (Å²) in [7, 11) is 0. The van der Waals surface area contributed by atoms with Gasteiger partial charge in [0.25, 0.3) is 0 Å². The van der Waals surface area contributed by atoms with Crippen LogP contribution >= 0.6 is 0 Å². The van der Waals surface area contributed by atoms with Crippen LogP contribution < -0.4 is 5.73 Å². The molecule has 1 saturated carbocycles. The second-order valence-electron chi connectivity index (χ2n) is 4.00. The van der Waals surface area contributed by atoms with E-state index >= 15 is 0 Å². The topological polar surface area (TPSA) is 73.3 Å². The lowest BCUT2D eigenvalue weighted by atomic mass is 10.1. The van der Waals surface area contributed by atoms with E-state index in [1.807, 2.05) is 0 Å². The van der Waals surface area contributed by atoms with Gasteiger partial charge in [-0.1, -0.05) is 0 Å². The zero-order valence-electron chi connectivity index (χ0n) is 8.80. The predicted molar refractivity (Wildman–Crippen MR) is 53.1 cm³/mol. The van der Waals surface area contributed by atoms with Gasteiger partial charge >= 0.3 is 6.18 Å². The number of halogens is 3. The van der Waals surface area contributed by atoms with E-state index < -0.39 is 17.9 Å². The minimum Gasteiger partial charge on any atom is -0.395 e. The van der Waals surface area contributed by atoms with Crippen molar-refractivity contribution in [1.82, 2.24) is 4.90 Å². The van der Waals surface area contributed by atoms with Crippen LogP contribution in [-0.4, -0.2) is 47.8 Å². The minimum absolute atomic E-state index is 0.108. The normalized spacial score (nSPS) is 18.8. The van der Waals surface area contributed by atoms with Crippen molar-refractivity contribution in [3.05, 3.63) is 0 Å². The van der Waals surface area contributed by atoms with Crippen molar-refractivity contribution in [3.63, 3.8) is 0 Å². The number of hydrogen-bond acceptors (Lipinski definition) is 3. The van der Waals surface area contributed by atoms with E-state index in [4.69, 9.17) is 16.2 Å². The summed E-state index contributed by atoms with van der Waals surface area (Å²) in [6.45, 7) is -0.312. The van der Waals surface area contributed by atoms with Crippen LogP contribution in [-0.2, 0) is 0 Å². The number of rotatable bonds is 6. The molecule has 1 aliphatic rings. The first-order valence-electron chi connectivity index (χ1n) is 5.11. The molecule has 1 unspecified atom stereocenters. The van der Waals surface area contributed by atoms with Gasteiger partial charge in [0.15, 0.2) is 0 Å². The Kier molecular flexibility index (Phi) is 4.15. The molecule has 1 fully saturated rings. The highest BCUT2D eigenvalue weighted by atomic mass is 19.4. The maximum atomic E-state index is 12.5. The highest BCUT2D eigenvalue weighted by molar-refractivity contribution is 5.80. The molecule has 0 amide bonds. The predicted octanol–water partition coefficient (Wildman–Crippen LogP) is 0.558. The van der Waals surface area contributed by atoms with Crippen LogP contribution in [0, 0.1) is 11.3 Å². The fourth-order valence-electron chi connectivity index (χ4n) is 1.60. The lowest BCUT2D eigenvalue weighted by molar-refractivity contribution is -0.160. The van der Waals surface area contributed by atoms with Crippen molar-refractivity contribution in [1.29, 1.82) is 5.41 Å². The first kappa shape index (κ1) is 13.2. The average Bonchev–Trinajstić information content (AvgIpc) is 2.92.